The molecule has 0 aliphatic rings. The van der Waals surface area contributed by atoms with E-state index in [0.29, 0.717) is 18.2 Å². The molecule has 86 valence electrons. The first-order valence-electron chi connectivity index (χ1n) is 4.86. The van der Waals surface area contributed by atoms with Gasteiger partial charge in [-0.1, -0.05) is 5.57 Å². The molecule has 5 nitrogen and oxygen atoms in total. The third-order valence-corrected chi connectivity index (χ3v) is 1.71. The van der Waals surface area contributed by atoms with E-state index in [4.69, 9.17) is 9.94 Å². The van der Waals surface area contributed by atoms with Gasteiger partial charge in [0.2, 0.25) is 5.88 Å². The number of aliphatic imine (C=N–C) groups is 1. The SMILES string of the molecule is CC(C)=CCOc1ccc(N=CNO)cn1. The van der Waals surface area contributed by atoms with Gasteiger partial charge in [-0.2, -0.15) is 0 Å². The fourth-order valence-electron chi connectivity index (χ4n) is 0.931. The first kappa shape index (κ1) is 12.2. The minimum absolute atomic E-state index is 0.510. The number of hydrogen-bond donors (Lipinski definition) is 2. The lowest BCUT2D eigenvalue weighted by atomic mass is 10.3. The molecule has 2 N–H and O–H groups in total. The summed E-state index contributed by atoms with van der Waals surface area (Å²) < 4.78 is 5.37. The van der Waals surface area contributed by atoms with Gasteiger partial charge in [0.25, 0.3) is 0 Å². The molecule has 1 heterocycles. The summed E-state index contributed by atoms with van der Waals surface area (Å²) in [4.78, 5) is 7.91. The summed E-state index contributed by atoms with van der Waals surface area (Å²) in [6, 6.07) is 3.47. The van der Waals surface area contributed by atoms with Crippen LogP contribution in [0.2, 0.25) is 0 Å². The third kappa shape index (κ3) is 4.56. The molecule has 0 fully saturated rings. The molecule has 0 aromatic carbocycles. The Balaban J connectivity index is 2.51. The molecule has 0 spiro atoms. The summed E-state index contributed by atoms with van der Waals surface area (Å²) in [5, 5.41) is 8.30. The molecule has 0 saturated heterocycles. The van der Waals surface area contributed by atoms with E-state index in [1.807, 2.05) is 25.4 Å². The van der Waals surface area contributed by atoms with Crippen LogP contribution in [-0.4, -0.2) is 23.1 Å². The Kier molecular flexibility index (Phi) is 5.01. The number of hydroxylamine groups is 1. The van der Waals surface area contributed by atoms with Gasteiger partial charge in [-0.25, -0.2) is 9.98 Å². The van der Waals surface area contributed by atoms with Crippen LogP contribution in [0.3, 0.4) is 0 Å². The van der Waals surface area contributed by atoms with Crippen LogP contribution in [0.5, 0.6) is 5.88 Å². The zero-order valence-electron chi connectivity index (χ0n) is 9.34. The highest BCUT2D eigenvalue weighted by Gasteiger charge is 1.94. The second kappa shape index (κ2) is 6.58. The van der Waals surface area contributed by atoms with E-state index in [0.717, 1.165) is 0 Å². The van der Waals surface area contributed by atoms with Gasteiger partial charge < -0.3 is 4.74 Å². The first-order valence-corrected chi connectivity index (χ1v) is 4.86. The van der Waals surface area contributed by atoms with Crippen LogP contribution in [0, 0.1) is 0 Å². The quantitative estimate of drug-likeness (QED) is 0.345. The predicted molar refractivity (Wildman–Crippen MR) is 62.2 cm³/mol. The van der Waals surface area contributed by atoms with E-state index in [9.17, 15) is 0 Å². The van der Waals surface area contributed by atoms with Crippen molar-refractivity contribution in [2.45, 2.75) is 13.8 Å². The molecule has 5 heteroatoms. The minimum Gasteiger partial charge on any atom is -0.473 e. The number of ether oxygens (including phenoxy) is 1. The molecule has 1 rings (SSSR count). The molecular weight excluding hydrogens is 206 g/mol. The topological polar surface area (TPSA) is 66.7 Å². The number of rotatable bonds is 5. The fraction of sp³-hybridized carbons (Fsp3) is 0.273. The van der Waals surface area contributed by atoms with Crippen LogP contribution in [0.4, 0.5) is 5.69 Å². The number of nitrogens with one attached hydrogen (secondary N) is 1. The van der Waals surface area contributed by atoms with Gasteiger partial charge >= 0.3 is 0 Å². The van der Waals surface area contributed by atoms with Crippen molar-refractivity contribution in [2.24, 2.45) is 4.99 Å². The molecule has 0 amide bonds. The second-order valence-electron chi connectivity index (χ2n) is 3.33. The van der Waals surface area contributed by atoms with E-state index in [2.05, 4.69) is 9.98 Å². The molecule has 1 aromatic rings. The van der Waals surface area contributed by atoms with Gasteiger partial charge in [0.1, 0.15) is 12.9 Å². The second-order valence-corrected chi connectivity index (χ2v) is 3.33. The summed E-state index contributed by atoms with van der Waals surface area (Å²) in [5.41, 5.74) is 3.66. The summed E-state index contributed by atoms with van der Waals surface area (Å²) in [6.45, 7) is 4.53. The van der Waals surface area contributed by atoms with Gasteiger partial charge in [0.15, 0.2) is 0 Å². The van der Waals surface area contributed by atoms with Crippen molar-refractivity contribution in [3.8, 4) is 5.88 Å². The van der Waals surface area contributed by atoms with Crippen LogP contribution >= 0.6 is 0 Å². The fourth-order valence-corrected chi connectivity index (χ4v) is 0.931. The van der Waals surface area contributed by atoms with Crippen LogP contribution < -0.4 is 10.2 Å². The highest BCUT2D eigenvalue weighted by atomic mass is 16.5. The van der Waals surface area contributed by atoms with Crippen molar-refractivity contribution >= 4 is 12.0 Å². The molecule has 0 aliphatic heterocycles. The van der Waals surface area contributed by atoms with Crippen LogP contribution in [0.1, 0.15) is 13.8 Å². The predicted octanol–water partition coefficient (Wildman–Crippen LogP) is 2.07. The monoisotopic (exact) mass is 221 g/mol. The Labute approximate surface area is 94.5 Å². The average Bonchev–Trinajstić information content (AvgIpc) is 2.27. The molecule has 0 aliphatic carbocycles. The van der Waals surface area contributed by atoms with Crippen molar-refractivity contribution < 1.29 is 9.94 Å². The number of pyridine rings is 1. The molecule has 0 saturated carbocycles. The van der Waals surface area contributed by atoms with Crippen molar-refractivity contribution in [3.63, 3.8) is 0 Å². The first-order chi connectivity index (χ1) is 7.72. The molecule has 0 unspecified atom stereocenters. The number of aromatic nitrogens is 1. The highest BCUT2D eigenvalue weighted by molar-refractivity contribution is 5.59. The maximum absolute atomic E-state index is 8.30. The number of hydrogen-bond acceptors (Lipinski definition) is 4. The van der Waals surface area contributed by atoms with Crippen molar-refractivity contribution in [2.75, 3.05) is 6.61 Å². The lowest BCUT2D eigenvalue weighted by Crippen LogP contribution is -2.01. The Morgan fingerprint density at radius 2 is 2.38 bits per heavy atom. The van der Waals surface area contributed by atoms with Crippen molar-refractivity contribution in [1.29, 1.82) is 0 Å². The summed E-state index contributed by atoms with van der Waals surface area (Å²) in [5.74, 6) is 0.549. The molecular formula is C11H15N3O2. The van der Waals surface area contributed by atoms with E-state index in [1.165, 1.54) is 11.9 Å². The molecule has 0 bridgehead atoms. The standard InChI is InChI=1S/C11H15N3O2/c1-9(2)5-6-16-11-4-3-10(7-12-11)13-8-14-15/h3-5,7-8,15H,6H2,1-2H3,(H,13,14). The summed E-state index contributed by atoms with van der Waals surface area (Å²) in [6.07, 6.45) is 4.70. The van der Waals surface area contributed by atoms with E-state index in [1.54, 1.807) is 18.3 Å². The Bertz CT molecular complexity index is 367. The molecule has 1 aromatic heterocycles. The maximum atomic E-state index is 8.30. The smallest absolute Gasteiger partial charge is 0.213 e. The minimum atomic E-state index is 0.510. The number of nitrogens with zero attached hydrogens (tertiary/aromatic N) is 2. The largest absolute Gasteiger partial charge is 0.473 e. The third-order valence-electron chi connectivity index (χ3n) is 1.71. The lowest BCUT2D eigenvalue weighted by Gasteiger charge is -2.02. The maximum Gasteiger partial charge on any atom is 0.213 e. The average molecular weight is 221 g/mol. The number of allylic oxidation sites excluding steroid dienone is 1. The van der Waals surface area contributed by atoms with E-state index in [-0.39, 0.29) is 0 Å². The Morgan fingerprint density at radius 1 is 1.56 bits per heavy atom. The van der Waals surface area contributed by atoms with Crippen molar-refractivity contribution in [3.05, 3.63) is 30.0 Å². The zero-order chi connectivity index (χ0) is 11.8. The summed E-state index contributed by atoms with van der Waals surface area (Å²) >= 11 is 0. The van der Waals surface area contributed by atoms with Crippen LogP contribution in [0.25, 0.3) is 0 Å². The molecule has 16 heavy (non-hydrogen) atoms. The van der Waals surface area contributed by atoms with Crippen LogP contribution in [-0.2, 0) is 0 Å². The Hall–Kier alpha value is -1.88. The van der Waals surface area contributed by atoms with E-state index < -0.39 is 0 Å². The summed E-state index contributed by atoms with van der Waals surface area (Å²) in [7, 11) is 0. The highest BCUT2D eigenvalue weighted by Crippen LogP contribution is 2.13. The normalized spacial score (nSPS) is 10.2. The van der Waals surface area contributed by atoms with E-state index >= 15 is 0 Å². The van der Waals surface area contributed by atoms with Crippen molar-refractivity contribution in [1.82, 2.24) is 10.5 Å². The lowest BCUT2D eigenvalue weighted by molar-refractivity contribution is 0.240. The Morgan fingerprint density at radius 3 is 2.94 bits per heavy atom. The van der Waals surface area contributed by atoms with Gasteiger partial charge in [0.05, 0.1) is 11.9 Å². The zero-order valence-corrected chi connectivity index (χ0v) is 9.34. The molecule has 0 radical (unpaired) electrons. The van der Waals surface area contributed by atoms with Gasteiger partial charge in [-0.15, -0.1) is 0 Å². The van der Waals surface area contributed by atoms with Crippen LogP contribution in [0.15, 0.2) is 35.0 Å². The van der Waals surface area contributed by atoms with Gasteiger partial charge in [-0.05, 0) is 26.0 Å². The molecule has 0 atom stereocenters. The van der Waals surface area contributed by atoms with Gasteiger partial charge in [0, 0.05) is 6.07 Å². The van der Waals surface area contributed by atoms with Gasteiger partial charge in [-0.3, -0.25) is 10.7 Å².